The fourth-order valence-corrected chi connectivity index (χ4v) is 1.87. The molecule has 0 heterocycles. The molecule has 0 aliphatic heterocycles. The van der Waals surface area contributed by atoms with Crippen LogP contribution in [0, 0.1) is 17.7 Å². The van der Waals surface area contributed by atoms with Crippen molar-refractivity contribution in [1.29, 1.82) is 0 Å². The summed E-state index contributed by atoms with van der Waals surface area (Å²) in [7, 11) is 0. The van der Waals surface area contributed by atoms with E-state index in [1.54, 1.807) is 24.3 Å². The van der Waals surface area contributed by atoms with Crippen molar-refractivity contribution in [2.75, 3.05) is 6.54 Å². The van der Waals surface area contributed by atoms with Gasteiger partial charge in [-0.25, -0.2) is 9.18 Å². The largest absolute Gasteiger partial charge is 0.334 e. The zero-order chi connectivity index (χ0) is 15.8. The zero-order valence-corrected chi connectivity index (χ0v) is 12.5. The molecule has 0 aliphatic carbocycles. The number of urea groups is 1. The smallest absolute Gasteiger partial charge is 0.315 e. The second-order valence-electron chi connectivity index (χ2n) is 4.47. The molecule has 0 fully saturated rings. The number of hydrogen-bond acceptors (Lipinski definition) is 1. The Morgan fingerprint density at radius 2 is 1.91 bits per heavy atom. The van der Waals surface area contributed by atoms with E-state index in [2.05, 4.69) is 22.5 Å². The lowest BCUT2D eigenvalue weighted by molar-refractivity contribution is 0.241. The van der Waals surface area contributed by atoms with Gasteiger partial charge in [0.2, 0.25) is 0 Å². The monoisotopic (exact) mass is 316 g/mol. The van der Waals surface area contributed by atoms with Gasteiger partial charge < -0.3 is 10.6 Å². The molecule has 3 nitrogen and oxygen atoms in total. The Bertz CT molecular complexity index is 705. The molecule has 0 atom stereocenters. The molecule has 0 saturated heterocycles. The van der Waals surface area contributed by atoms with Gasteiger partial charge in [0, 0.05) is 17.1 Å². The first-order chi connectivity index (χ1) is 10.6. The molecule has 112 valence electrons. The summed E-state index contributed by atoms with van der Waals surface area (Å²) in [6.07, 6.45) is 0. The van der Waals surface area contributed by atoms with Crippen LogP contribution in [-0.2, 0) is 6.54 Å². The first kappa shape index (κ1) is 15.9. The Hall–Kier alpha value is -2.51. The van der Waals surface area contributed by atoms with Crippen LogP contribution in [0.3, 0.4) is 0 Å². The lowest BCUT2D eigenvalue weighted by Crippen LogP contribution is -2.35. The van der Waals surface area contributed by atoms with E-state index in [0.717, 1.165) is 11.1 Å². The minimum atomic E-state index is -0.329. The molecular formula is C17H14ClFN2O. The normalized spacial score (nSPS) is 9.55. The highest BCUT2D eigenvalue weighted by Crippen LogP contribution is 2.09. The highest BCUT2D eigenvalue weighted by molar-refractivity contribution is 6.30. The van der Waals surface area contributed by atoms with Gasteiger partial charge in [0.25, 0.3) is 0 Å². The number of nitrogens with one attached hydrogen (secondary N) is 2. The lowest BCUT2D eigenvalue weighted by Gasteiger charge is -2.05. The van der Waals surface area contributed by atoms with E-state index in [1.807, 2.05) is 12.1 Å². The Labute approximate surface area is 133 Å². The third-order valence-corrected chi connectivity index (χ3v) is 3.00. The Morgan fingerprint density at radius 1 is 1.14 bits per heavy atom. The second kappa shape index (κ2) is 8.06. The summed E-state index contributed by atoms with van der Waals surface area (Å²) in [4.78, 5) is 11.6. The molecule has 22 heavy (non-hydrogen) atoms. The van der Waals surface area contributed by atoms with Gasteiger partial charge in [-0.05, 0) is 35.9 Å². The van der Waals surface area contributed by atoms with Gasteiger partial charge in [-0.15, -0.1) is 0 Å². The van der Waals surface area contributed by atoms with Crippen LogP contribution in [0.15, 0.2) is 48.5 Å². The van der Waals surface area contributed by atoms with Crippen LogP contribution in [0.1, 0.15) is 11.1 Å². The first-order valence-electron chi connectivity index (χ1n) is 6.64. The molecule has 0 spiro atoms. The van der Waals surface area contributed by atoms with E-state index in [9.17, 15) is 9.18 Å². The molecule has 2 rings (SSSR count). The molecule has 0 aliphatic rings. The summed E-state index contributed by atoms with van der Waals surface area (Å²) >= 11 is 5.85. The van der Waals surface area contributed by atoms with Gasteiger partial charge in [-0.1, -0.05) is 41.6 Å². The molecule has 2 aromatic carbocycles. The minimum absolute atomic E-state index is 0.224. The van der Waals surface area contributed by atoms with Crippen molar-refractivity contribution in [2.45, 2.75) is 6.54 Å². The average Bonchev–Trinajstić information content (AvgIpc) is 2.51. The molecule has 0 bridgehead atoms. The van der Waals surface area contributed by atoms with Crippen molar-refractivity contribution in [3.8, 4) is 11.8 Å². The fraction of sp³-hybridized carbons (Fsp3) is 0.118. The standard InChI is InChI=1S/C17H14ClFN2O/c18-15-5-1-3-13(11-15)4-2-10-20-17(22)21-12-14-6-8-16(19)9-7-14/h1,3,5-9,11H,10,12H2,(H2,20,21,22). The van der Waals surface area contributed by atoms with E-state index < -0.39 is 0 Å². The van der Waals surface area contributed by atoms with Gasteiger partial charge in [-0.3, -0.25) is 0 Å². The summed E-state index contributed by atoms with van der Waals surface area (Å²) in [5.41, 5.74) is 1.61. The number of hydrogen-bond donors (Lipinski definition) is 2. The van der Waals surface area contributed by atoms with E-state index >= 15 is 0 Å². The highest BCUT2D eigenvalue weighted by Gasteiger charge is 1.99. The van der Waals surface area contributed by atoms with Crippen LogP contribution < -0.4 is 10.6 Å². The summed E-state index contributed by atoms with van der Waals surface area (Å²) in [6, 6.07) is 12.8. The molecule has 0 unspecified atom stereocenters. The minimum Gasteiger partial charge on any atom is -0.334 e. The summed E-state index contributed by atoms with van der Waals surface area (Å²) in [6.45, 7) is 0.551. The molecule has 0 radical (unpaired) electrons. The van der Waals surface area contributed by atoms with Gasteiger partial charge in [0.15, 0.2) is 0 Å². The average molecular weight is 317 g/mol. The van der Waals surface area contributed by atoms with Gasteiger partial charge in [-0.2, -0.15) is 0 Å². The SMILES string of the molecule is O=C(NCC#Cc1cccc(Cl)c1)NCc1ccc(F)cc1. The highest BCUT2D eigenvalue weighted by atomic mass is 35.5. The maximum atomic E-state index is 12.7. The topological polar surface area (TPSA) is 41.1 Å². The van der Waals surface area contributed by atoms with Crippen LogP contribution in [0.25, 0.3) is 0 Å². The number of halogens is 2. The summed E-state index contributed by atoms with van der Waals surface area (Å²) < 4.78 is 12.7. The van der Waals surface area contributed by atoms with E-state index in [0.29, 0.717) is 11.6 Å². The molecular weight excluding hydrogens is 303 g/mol. The molecule has 2 aromatic rings. The van der Waals surface area contributed by atoms with Crippen molar-refractivity contribution in [3.05, 3.63) is 70.5 Å². The third-order valence-electron chi connectivity index (χ3n) is 2.76. The predicted molar refractivity (Wildman–Crippen MR) is 85.0 cm³/mol. The van der Waals surface area contributed by atoms with Crippen LogP contribution in [0.5, 0.6) is 0 Å². The maximum absolute atomic E-state index is 12.7. The van der Waals surface area contributed by atoms with Crippen LogP contribution in [0.2, 0.25) is 5.02 Å². The van der Waals surface area contributed by atoms with Crippen molar-refractivity contribution in [2.24, 2.45) is 0 Å². The van der Waals surface area contributed by atoms with E-state index in [1.165, 1.54) is 12.1 Å². The van der Waals surface area contributed by atoms with Crippen LogP contribution >= 0.6 is 11.6 Å². The number of carbonyl (C=O) groups is 1. The van der Waals surface area contributed by atoms with Crippen molar-refractivity contribution in [3.63, 3.8) is 0 Å². The van der Waals surface area contributed by atoms with E-state index in [-0.39, 0.29) is 18.4 Å². The number of carbonyl (C=O) groups excluding carboxylic acids is 1. The molecule has 2 amide bonds. The lowest BCUT2D eigenvalue weighted by atomic mass is 10.2. The van der Waals surface area contributed by atoms with Crippen molar-refractivity contribution in [1.82, 2.24) is 10.6 Å². The van der Waals surface area contributed by atoms with Gasteiger partial charge in [0.1, 0.15) is 5.82 Å². The van der Waals surface area contributed by atoms with Crippen molar-refractivity contribution >= 4 is 17.6 Å². The molecule has 0 saturated carbocycles. The Morgan fingerprint density at radius 3 is 2.64 bits per heavy atom. The van der Waals surface area contributed by atoms with Crippen LogP contribution in [0.4, 0.5) is 9.18 Å². The quantitative estimate of drug-likeness (QED) is 0.838. The van der Waals surface area contributed by atoms with Gasteiger partial charge >= 0.3 is 6.03 Å². The Kier molecular flexibility index (Phi) is 5.81. The number of amides is 2. The van der Waals surface area contributed by atoms with Crippen molar-refractivity contribution < 1.29 is 9.18 Å². The first-order valence-corrected chi connectivity index (χ1v) is 7.02. The molecule has 5 heteroatoms. The second-order valence-corrected chi connectivity index (χ2v) is 4.91. The third kappa shape index (κ3) is 5.47. The molecule has 2 N–H and O–H groups in total. The summed E-state index contributed by atoms with van der Waals surface area (Å²) in [5, 5.41) is 5.91. The van der Waals surface area contributed by atoms with E-state index in [4.69, 9.17) is 11.6 Å². The van der Waals surface area contributed by atoms with Gasteiger partial charge in [0.05, 0.1) is 6.54 Å². The Balaban J connectivity index is 1.73. The molecule has 0 aromatic heterocycles. The number of rotatable bonds is 3. The van der Waals surface area contributed by atoms with Crippen LogP contribution in [-0.4, -0.2) is 12.6 Å². The zero-order valence-electron chi connectivity index (χ0n) is 11.7. The predicted octanol–water partition coefficient (Wildman–Crippen LogP) is 3.33. The number of benzene rings is 2. The summed E-state index contributed by atoms with van der Waals surface area (Å²) in [5.74, 6) is 5.44. The fourth-order valence-electron chi connectivity index (χ4n) is 1.68. The maximum Gasteiger partial charge on any atom is 0.315 e.